The van der Waals surface area contributed by atoms with E-state index in [9.17, 15) is 0 Å². The van der Waals surface area contributed by atoms with Crippen LogP contribution in [0, 0.1) is 0 Å². The summed E-state index contributed by atoms with van der Waals surface area (Å²) in [6.07, 6.45) is 4.25. The van der Waals surface area contributed by atoms with E-state index >= 15 is 0 Å². The zero-order valence-electron chi connectivity index (χ0n) is 15.2. The van der Waals surface area contributed by atoms with Gasteiger partial charge in [0.25, 0.3) is 0 Å². The third-order valence-corrected chi connectivity index (χ3v) is 5.00. The number of pyridine rings is 1. The fourth-order valence-electron chi connectivity index (χ4n) is 3.63. The van der Waals surface area contributed by atoms with E-state index in [4.69, 9.17) is 4.74 Å². The number of rotatable bonds is 6. The average molecular weight is 347 g/mol. The van der Waals surface area contributed by atoms with E-state index in [1.165, 1.54) is 29.5 Å². The maximum atomic E-state index is 6.06. The Kier molecular flexibility index (Phi) is 5.02. The SMILES string of the molecule is CN(Cc1ccccc1)c1cccc2c(OCC3CCCN3)nccc12. The monoisotopic (exact) mass is 347 g/mol. The van der Waals surface area contributed by atoms with Crippen molar-refractivity contribution in [3.8, 4) is 5.88 Å². The fourth-order valence-corrected chi connectivity index (χ4v) is 3.63. The number of nitrogens with zero attached hydrogens (tertiary/aromatic N) is 2. The van der Waals surface area contributed by atoms with Gasteiger partial charge in [-0.25, -0.2) is 4.98 Å². The van der Waals surface area contributed by atoms with Crippen molar-refractivity contribution in [1.82, 2.24) is 10.3 Å². The molecule has 1 aliphatic heterocycles. The van der Waals surface area contributed by atoms with Crippen molar-refractivity contribution in [2.24, 2.45) is 0 Å². The van der Waals surface area contributed by atoms with Gasteiger partial charge in [0, 0.05) is 42.3 Å². The number of benzene rings is 2. The summed E-state index contributed by atoms with van der Waals surface area (Å²) in [7, 11) is 2.13. The average Bonchev–Trinajstić information content (AvgIpc) is 3.20. The molecule has 1 unspecified atom stereocenters. The molecule has 1 saturated heterocycles. The van der Waals surface area contributed by atoms with E-state index in [0.717, 1.165) is 24.4 Å². The van der Waals surface area contributed by atoms with Gasteiger partial charge < -0.3 is 15.0 Å². The van der Waals surface area contributed by atoms with Gasteiger partial charge in [-0.3, -0.25) is 0 Å². The molecule has 4 rings (SSSR count). The van der Waals surface area contributed by atoms with Crippen LogP contribution in [0.25, 0.3) is 10.8 Å². The van der Waals surface area contributed by atoms with Gasteiger partial charge in [0.05, 0.1) is 0 Å². The van der Waals surface area contributed by atoms with Crippen LogP contribution in [0.4, 0.5) is 5.69 Å². The molecule has 2 aromatic carbocycles. The number of fused-ring (bicyclic) bond motifs is 1. The molecule has 4 nitrogen and oxygen atoms in total. The molecular formula is C22H25N3O. The lowest BCUT2D eigenvalue weighted by Crippen LogP contribution is -2.28. The Labute approximate surface area is 154 Å². The number of anilines is 1. The first-order chi connectivity index (χ1) is 12.8. The summed E-state index contributed by atoms with van der Waals surface area (Å²) in [5.74, 6) is 0.728. The molecule has 0 aliphatic carbocycles. The first-order valence-electron chi connectivity index (χ1n) is 9.30. The molecule has 1 aliphatic rings. The van der Waals surface area contributed by atoms with Crippen molar-refractivity contribution in [3.05, 3.63) is 66.4 Å². The summed E-state index contributed by atoms with van der Waals surface area (Å²) in [4.78, 5) is 6.76. The summed E-state index contributed by atoms with van der Waals surface area (Å²) in [6.45, 7) is 2.63. The Balaban J connectivity index is 1.58. The zero-order valence-corrected chi connectivity index (χ0v) is 15.2. The quantitative estimate of drug-likeness (QED) is 0.731. The lowest BCUT2D eigenvalue weighted by Gasteiger charge is -2.22. The molecular weight excluding hydrogens is 322 g/mol. The number of nitrogens with one attached hydrogen (secondary N) is 1. The summed E-state index contributed by atoms with van der Waals surface area (Å²) in [5, 5.41) is 5.72. The van der Waals surface area contributed by atoms with Crippen LogP contribution < -0.4 is 15.0 Å². The third kappa shape index (κ3) is 3.65. The Morgan fingerprint density at radius 3 is 2.77 bits per heavy atom. The molecule has 0 bridgehead atoms. The third-order valence-electron chi connectivity index (χ3n) is 5.00. The van der Waals surface area contributed by atoms with Gasteiger partial charge >= 0.3 is 0 Å². The first kappa shape index (κ1) is 16.9. The highest BCUT2D eigenvalue weighted by atomic mass is 16.5. The molecule has 2 heterocycles. The molecule has 134 valence electrons. The van der Waals surface area contributed by atoms with E-state index in [0.29, 0.717) is 12.6 Å². The van der Waals surface area contributed by atoms with E-state index in [2.05, 4.69) is 76.8 Å². The van der Waals surface area contributed by atoms with Crippen molar-refractivity contribution < 1.29 is 4.74 Å². The summed E-state index contributed by atoms with van der Waals surface area (Å²) in [5.41, 5.74) is 2.49. The van der Waals surface area contributed by atoms with E-state index in [-0.39, 0.29) is 0 Å². The van der Waals surface area contributed by atoms with Gasteiger partial charge in [-0.2, -0.15) is 0 Å². The van der Waals surface area contributed by atoms with Gasteiger partial charge in [0.15, 0.2) is 0 Å². The minimum absolute atomic E-state index is 0.441. The van der Waals surface area contributed by atoms with Gasteiger partial charge in [-0.1, -0.05) is 36.4 Å². The van der Waals surface area contributed by atoms with Crippen LogP contribution >= 0.6 is 0 Å². The minimum Gasteiger partial charge on any atom is -0.476 e. The van der Waals surface area contributed by atoms with Crippen LogP contribution in [0.5, 0.6) is 5.88 Å². The highest BCUT2D eigenvalue weighted by Gasteiger charge is 2.16. The minimum atomic E-state index is 0.441. The first-order valence-corrected chi connectivity index (χ1v) is 9.30. The molecule has 26 heavy (non-hydrogen) atoms. The van der Waals surface area contributed by atoms with Gasteiger partial charge in [-0.05, 0) is 43.1 Å². The van der Waals surface area contributed by atoms with Gasteiger partial charge in [0.2, 0.25) is 5.88 Å². The summed E-state index contributed by atoms with van der Waals surface area (Å²) in [6, 6.07) is 19.4. The predicted octanol–water partition coefficient (Wildman–Crippen LogP) is 4.00. The Hall–Kier alpha value is -2.59. The normalized spacial score (nSPS) is 16.7. The second-order valence-corrected chi connectivity index (χ2v) is 6.93. The highest BCUT2D eigenvalue weighted by molar-refractivity contribution is 5.96. The molecule has 0 saturated carbocycles. The molecule has 4 heteroatoms. The Morgan fingerprint density at radius 1 is 1.08 bits per heavy atom. The van der Waals surface area contributed by atoms with Crippen LogP contribution in [-0.2, 0) is 6.54 Å². The molecule has 3 aromatic rings. The van der Waals surface area contributed by atoms with Crippen LogP contribution in [0.3, 0.4) is 0 Å². The molecule has 0 amide bonds. The van der Waals surface area contributed by atoms with Crippen molar-refractivity contribution >= 4 is 16.5 Å². The molecule has 0 spiro atoms. The molecule has 1 fully saturated rings. The largest absolute Gasteiger partial charge is 0.476 e. The van der Waals surface area contributed by atoms with E-state index in [1.54, 1.807) is 0 Å². The van der Waals surface area contributed by atoms with Crippen molar-refractivity contribution in [2.45, 2.75) is 25.4 Å². The van der Waals surface area contributed by atoms with Crippen LogP contribution in [-0.4, -0.2) is 31.2 Å². The Morgan fingerprint density at radius 2 is 1.96 bits per heavy atom. The molecule has 1 aromatic heterocycles. The lowest BCUT2D eigenvalue weighted by molar-refractivity contribution is 0.271. The van der Waals surface area contributed by atoms with E-state index in [1.807, 2.05) is 6.20 Å². The number of ether oxygens (including phenoxy) is 1. The summed E-state index contributed by atoms with van der Waals surface area (Å²) >= 11 is 0. The van der Waals surface area contributed by atoms with Crippen molar-refractivity contribution in [3.63, 3.8) is 0 Å². The second-order valence-electron chi connectivity index (χ2n) is 6.93. The van der Waals surface area contributed by atoms with Crippen LogP contribution in [0.1, 0.15) is 18.4 Å². The zero-order chi connectivity index (χ0) is 17.8. The number of hydrogen-bond donors (Lipinski definition) is 1. The fraction of sp³-hybridized carbons (Fsp3) is 0.318. The predicted molar refractivity (Wildman–Crippen MR) is 107 cm³/mol. The van der Waals surface area contributed by atoms with E-state index < -0.39 is 0 Å². The van der Waals surface area contributed by atoms with Crippen LogP contribution in [0.2, 0.25) is 0 Å². The van der Waals surface area contributed by atoms with Crippen LogP contribution in [0.15, 0.2) is 60.8 Å². The second kappa shape index (κ2) is 7.75. The topological polar surface area (TPSA) is 37.4 Å². The highest BCUT2D eigenvalue weighted by Crippen LogP contribution is 2.31. The number of hydrogen-bond acceptors (Lipinski definition) is 4. The summed E-state index contributed by atoms with van der Waals surface area (Å²) < 4.78 is 6.06. The van der Waals surface area contributed by atoms with Crippen molar-refractivity contribution in [1.29, 1.82) is 0 Å². The maximum absolute atomic E-state index is 6.06. The Bertz CT molecular complexity index is 860. The van der Waals surface area contributed by atoms with Crippen molar-refractivity contribution in [2.75, 3.05) is 25.1 Å². The maximum Gasteiger partial charge on any atom is 0.221 e. The smallest absolute Gasteiger partial charge is 0.221 e. The standard InChI is InChI=1S/C22H25N3O/c1-25(15-17-7-3-2-4-8-17)21-11-5-10-20-19(21)12-14-24-22(20)26-16-18-9-6-13-23-18/h2-5,7-8,10-12,14,18,23H,6,9,13,15-16H2,1H3. The molecule has 1 atom stereocenters. The van der Waals surface area contributed by atoms with Gasteiger partial charge in [0.1, 0.15) is 6.61 Å². The van der Waals surface area contributed by atoms with Gasteiger partial charge in [-0.15, -0.1) is 0 Å². The lowest BCUT2D eigenvalue weighted by atomic mass is 10.1. The number of aromatic nitrogens is 1. The molecule has 0 radical (unpaired) electrons. The molecule has 1 N–H and O–H groups in total.